The first-order chi connectivity index (χ1) is 16.6. The van der Waals surface area contributed by atoms with Crippen LogP contribution < -0.4 is 0 Å². The smallest absolute Gasteiger partial charge is 0.254 e. The lowest BCUT2D eigenvalue weighted by molar-refractivity contribution is 0.0404. The highest BCUT2D eigenvalue weighted by Crippen LogP contribution is 2.24. The van der Waals surface area contributed by atoms with Crippen molar-refractivity contribution in [3.05, 3.63) is 119 Å². The van der Waals surface area contributed by atoms with Gasteiger partial charge in [0.2, 0.25) is 0 Å². The van der Waals surface area contributed by atoms with Crippen molar-refractivity contribution in [1.82, 2.24) is 4.90 Å². The predicted octanol–water partition coefficient (Wildman–Crippen LogP) is 5.95. The Morgan fingerprint density at radius 1 is 0.882 bits per heavy atom. The summed E-state index contributed by atoms with van der Waals surface area (Å²) in [5, 5.41) is 5.84. The molecule has 0 fully saturated rings. The standard InChI is InChI=1S/C28H22F2N2O2/c29-25-14-5-2-9-20(25)17-32(28(33)23-13-7-10-19-8-1-3-11-22(19)23)18-21-16-27(31-34-21)24-12-4-6-15-26(24)30/h1-15,21H,16-18H2/t21-/m0/s1. The summed E-state index contributed by atoms with van der Waals surface area (Å²) in [7, 11) is 0. The molecule has 1 aliphatic heterocycles. The van der Waals surface area contributed by atoms with Crippen molar-refractivity contribution in [2.24, 2.45) is 5.16 Å². The Hall–Kier alpha value is -4.06. The number of hydrogen-bond donors (Lipinski definition) is 0. The highest BCUT2D eigenvalue weighted by molar-refractivity contribution is 6.07. The van der Waals surface area contributed by atoms with Gasteiger partial charge in [0.1, 0.15) is 11.6 Å². The van der Waals surface area contributed by atoms with E-state index in [-0.39, 0.29) is 30.6 Å². The largest absolute Gasteiger partial charge is 0.390 e. The van der Waals surface area contributed by atoms with Crippen LogP contribution in [0.25, 0.3) is 10.8 Å². The van der Waals surface area contributed by atoms with Gasteiger partial charge in [-0.15, -0.1) is 0 Å². The van der Waals surface area contributed by atoms with Crippen LogP contribution >= 0.6 is 0 Å². The summed E-state index contributed by atoms with van der Waals surface area (Å²) in [4.78, 5) is 20.9. The lowest BCUT2D eigenvalue weighted by Gasteiger charge is -2.26. The highest BCUT2D eigenvalue weighted by Gasteiger charge is 2.29. The third kappa shape index (κ3) is 4.39. The van der Waals surface area contributed by atoms with Crippen LogP contribution in [-0.4, -0.2) is 29.2 Å². The molecular formula is C28H22F2N2O2. The lowest BCUT2D eigenvalue weighted by Crippen LogP contribution is -2.37. The van der Waals surface area contributed by atoms with E-state index in [4.69, 9.17) is 4.84 Å². The molecular weight excluding hydrogens is 434 g/mol. The SMILES string of the molecule is O=C(c1cccc2ccccc12)N(Cc1ccccc1F)C[C@@H]1CC(c2ccccc2F)=NO1. The second-order valence-electron chi connectivity index (χ2n) is 8.25. The second-order valence-corrected chi connectivity index (χ2v) is 8.25. The number of halogens is 2. The maximum atomic E-state index is 14.5. The Morgan fingerprint density at radius 3 is 2.41 bits per heavy atom. The minimum Gasteiger partial charge on any atom is -0.390 e. The number of carbonyl (C=O) groups is 1. The highest BCUT2D eigenvalue weighted by atomic mass is 19.1. The van der Waals surface area contributed by atoms with Crippen LogP contribution in [0.15, 0.2) is 96.2 Å². The molecule has 4 aromatic rings. The average Bonchev–Trinajstić information content (AvgIpc) is 3.32. The molecule has 1 amide bonds. The molecule has 1 aliphatic rings. The minimum atomic E-state index is -0.472. The van der Waals surface area contributed by atoms with Crippen molar-refractivity contribution in [2.75, 3.05) is 6.54 Å². The van der Waals surface area contributed by atoms with E-state index in [1.807, 2.05) is 36.4 Å². The maximum Gasteiger partial charge on any atom is 0.254 e. The molecule has 4 aromatic carbocycles. The number of carbonyl (C=O) groups excluding carboxylic acids is 1. The summed E-state index contributed by atoms with van der Waals surface area (Å²) in [5.74, 6) is -0.989. The van der Waals surface area contributed by atoms with Gasteiger partial charge in [-0.1, -0.05) is 78.0 Å². The number of rotatable bonds is 6. The van der Waals surface area contributed by atoms with Gasteiger partial charge in [0, 0.05) is 29.7 Å². The summed E-state index contributed by atoms with van der Waals surface area (Å²) in [6.07, 6.45) is -0.127. The normalized spacial score (nSPS) is 15.1. The van der Waals surface area contributed by atoms with E-state index in [9.17, 15) is 13.6 Å². The summed E-state index contributed by atoms with van der Waals surface area (Å²) in [6.45, 7) is 0.251. The Morgan fingerprint density at radius 2 is 1.59 bits per heavy atom. The minimum absolute atomic E-state index is 0.0730. The van der Waals surface area contributed by atoms with Crippen molar-refractivity contribution >= 4 is 22.4 Å². The fourth-order valence-corrected chi connectivity index (χ4v) is 4.26. The quantitative estimate of drug-likeness (QED) is 0.360. The average molecular weight is 456 g/mol. The predicted molar refractivity (Wildman–Crippen MR) is 128 cm³/mol. The Balaban J connectivity index is 1.43. The Bertz CT molecular complexity index is 1380. The molecule has 0 aliphatic carbocycles. The van der Waals surface area contributed by atoms with Gasteiger partial charge < -0.3 is 9.74 Å². The Labute approximate surface area is 196 Å². The van der Waals surface area contributed by atoms with Gasteiger partial charge in [-0.3, -0.25) is 4.79 Å². The van der Waals surface area contributed by atoms with Crippen LogP contribution in [0, 0.1) is 11.6 Å². The lowest BCUT2D eigenvalue weighted by atomic mass is 10.0. The van der Waals surface area contributed by atoms with Crippen molar-refractivity contribution in [3.63, 3.8) is 0 Å². The van der Waals surface area contributed by atoms with E-state index in [0.29, 0.717) is 28.8 Å². The first-order valence-electron chi connectivity index (χ1n) is 11.1. The van der Waals surface area contributed by atoms with E-state index < -0.39 is 6.10 Å². The van der Waals surface area contributed by atoms with E-state index >= 15 is 0 Å². The van der Waals surface area contributed by atoms with Gasteiger partial charge in [0.25, 0.3) is 5.91 Å². The fraction of sp³-hybridized carbons (Fsp3) is 0.143. The van der Waals surface area contributed by atoms with Crippen LogP contribution in [0.1, 0.15) is 27.9 Å². The molecule has 6 heteroatoms. The van der Waals surface area contributed by atoms with Crippen LogP contribution in [0.2, 0.25) is 0 Å². The molecule has 0 bridgehead atoms. The fourth-order valence-electron chi connectivity index (χ4n) is 4.26. The molecule has 0 spiro atoms. The topological polar surface area (TPSA) is 41.9 Å². The van der Waals surface area contributed by atoms with Crippen molar-refractivity contribution < 1.29 is 18.4 Å². The van der Waals surface area contributed by atoms with E-state index in [1.165, 1.54) is 12.1 Å². The van der Waals surface area contributed by atoms with Crippen molar-refractivity contribution in [2.45, 2.75) is 19.1 Å². The molecule has 0 saturated carbocycles. The van der Waals surface area contributed by atoms with Crippen molar-refractivity contribution in [1.29, 1.82) is 0 Å². The molecule has 1 heterocycles. The zero-order valence-electron chi connectivity index (χ0n) is 18.3. The third-order valence-electron chi connectivity index (χ3n) is 5.97. The van der Waals surface area contributed by atoms with Gasteiger partial charge in [0.05, 0.1) is 12.3 Å². The molecule has 0 aromatic heterocycles. The van der Waals surface area contributed by atoms with Crippen LogP contribution in [-0.2, 0) is 11.4 Å². The van der Waals surface area contributed by atoms with Crippen molar-refractivity contribution in [3.8, 4) is 0 Å². The van der Waals surface area contributed by atoms with Gasteiger partial charge >= 0.3 is 0 Å². The first-order valence-corrected chi connectivity index (χ1v) is 11.1. The number of amides is 1. The molecule has 5 rings (SSSR count). The number of fused-ring (bicyclic) bond motifs is 1. The third-order valence-corrected chi connectivity index (χ3v) is 5.97. The van der Waals surface area contributed by atoms with E-state index in [2.05, 4.69) is 5.16 Å². The number of oxime groups is 1. The van der Waals surface area contributed by atoms with Crippen LogP contribution in [0.5, 0.6) is 0 Å². The summed E-state index contributed by atoms with van der Waals surface area (Å²) < 4.78 is 28.7. The first kappa shape index (κ1) is 21.8. The molecule has 0 unspecified atom stereocenters. The summed E-state index contributed by atoms with van der Waals surface area (Å²) >= 11 is 0. The van der Waals surface area contributed by atoms with Gasteiger partial charge in [-0.2, -0.15) is 0 Å². The molecule has 34 heavy (non-hydrogen) atoms. The second kappa shape index (κ2) is 9.43. The zero-order valence-corrected chi connectivity index (χ0v) is 18.3. The number of benzene rings is 4. The summed E-state index contributed by atoms with van der Waals surface area (Å²) in [6, 6.07) is 26.0. The number of nitrogens with zero attached hydrogens (tertiary/aromatic N) is 2. The molecule has 0 N–H and O–H groups in total. The van der Waals surface area contributed by atoms with Gasteiger partial charge in [-0.05, 0) is 29.0 Å². The van der Waals surface area contributed by atoms with E-state index in [1.54, 1.807) is 47.4 Å². The number of hydrogen-bond acceptors (Lipinski definition) is 3. The Kier molecular flexibility index (Phi) is 6.04. The zero-order chi connectivity index (χ0) is 23.5. The van der Waals surface area contributed by atoms with Crippen LogP contribution in [0.3, 0.4) is 0 Å². The molecule has 1 atom stereocenters. The summed E-state index contributed by atoms with van der Waals surface area (Å²) in [5.41, 5.74) is 1.81. The maximum absolute atomic E-state index is 14.5. The van der Waals surface area contributed by atoms with Crippen LogP contribution in [0.4, 0.5) is 8.78 Å². The van der Waals surface area contributed by atoms with Gasteiger partial charge in [-0.25, -0.2) is 8.78 Å². The van der Waals surface area contributed by atoms with Gasteiger partial charge in [0.15, 0.2) is 6.10 Å². The molecule has 170 valence electrons. The molecule has 4 nitrogen and oxygen atoms in total. The molecule has 0 radical (unpaired) electrons. The van der Waals surface area contributed by atoms with E-state index in [0.717, 1.165) is 10.8 Å². The molecule has 0 saturated heterocycles. The monoisotopic (exact) mass is 456 g/mol.